The average Bonchev–Trinajstić information content (AvgIpc) is 2.70. The Morgan fingerprint density at radius 2 is 1.79 bits per heavy atom. The van der Waals surface area contributed by atoms with Crippen LogP contribution in [0.5, 0.6) is 0 Å². The summed E-state index contributed by atoms with van der Waals surface area (Å²) in [6, 6.07) is 10.8. The quantitative estimate of drug-likeness (QED) is 0.797. The molecule has 0 bridgehead atoms. The van der Waals surface area contributed by atoms with Crippen LogP contribution in [0.2, 0.25) is 0 Å². The number of hydrogen-bond donors (Lipinski definition) is 2. The van der Waals surface area contributed by atoms with Gasteiger partial charge in [-0.2, -0.15) is 0 Å². The largest absolute Gasteiger partial charge is 0.341 e. The molecule has 29 heavy (non-hydrogen) atoms. The van der Waals surface area contributed by atoms with E-state index >= 15 is 0 Å². The van der Waals surface area contributed by atoms with E-state index in [0.717, 1.165) is 30.5 Å². The number of carbonyl (C=O) groups excluding carboxylic acids is 2. The summed E-state index contributed by atoms with van der Waals surface area (Å²) in [6.45, 7) is 3.47. The zero-order valence-electron chi connectivity index (χ0n) is 16.3. The highest BCUT2D eigenvalue weighted by atomic mass is 19.1. The monoisotopic (exact) mass is 401 g/mol. The van der Waals surface area contributed by atoms with E-state index in [1.807, 2.05) is 30.3 Å². The minimum absolute atomic E-state index is 0.151. The van der Waals surface area contributed by atoms with Gasteiger partial charge in [0.2, 0.25) is 5.91 Å². The second-order valence-electron chi connectivity index (χ2n) is 7.47. The van der Waals surface area contributed by atoms with E-state index in [-0.39, 0.29) is 11.6 Å². The number of amides is 3. The van der Waals surface area contributed by atoms with Crippen molar-refractivity contribution in [1.29, 1.82) is 0 Å². The fourth-order valence-corrected chi connectivity index (χ4v) is 3.41. The van der Waals surface area contributed by atoms with Crippen molar-refractivity contribution >= 4 is 17.6 Å². The Hall–Kier alpha value is -2.96. The lowest BCUT2D eigenvalue weighted by Gasteiger charge is -2.33. The zero-order chi connectivity index (χ0) is 20.8. The van der Waals surface area contributed by atoms with Gasteiger partial charge in [-0.3, -0.25) is 4.79 Å². The van der Waals surface area contributed by atoms with E-state index in [4.69, 9.17) is 0 Å². The molecule has 0 aromatic heterocycles. The number of anilines is 1. The molecule has 5 nitrogen and oxygen atoms in total. The molecule has 7 heteroatoms. The van der Waals surface area contributed by atoms with Crippen LogP contribution in [0, 0.1) is 17.6 Å². The number of piperidine rings is 1. The van der Waals surface area contributed by atoms with Crippen molar-refractivity contribution in [2.24, 2.45) is 5.92 Å². The molecule has 3 amide bonds. The Morgan fingerprint density at radius 3 is 2.45 bits per heavy atom. The lowest BCUT2D eigenvalue weighted by molar-refractivity contribution is -0.134. The molecule has 1 unspecified atom stereocenters. The van der Waals surface area contributed by atoms with Gasteiger partial charge in [-0.25, -0.2) is 13.6 Å². The van der Waals surface area contributed by atoms with Crippen LogP contribution in [-0.4, -0.2) is 36.0 Å². The molecule has 1 aliphatic heterocycles. The maximum Gasteiger partial charge on any atom is 0.319 e. The molecule has 2 aromatic rings. The SMILES string of the molecule is CC1CCN(C(=O)C(Cc2ccccc2)NC(=O)Nc2ccc(F)cc2F)CC1. The molecule has 2 aromatic carbocycles. The minimum atomic E-state index is -0.879. The third kappa shape index (κ3) is 5.76. The Kier molecular flexibility index (Phi) is 6.80. The van der Waals surface area contributed by atoms with E-state index in [0.29, 0.717) is 31.5 Å². The van der Waals surface area contributed by atoms with Crippen molar-refractivity contribution in [2.75, 3.05) is 18.4 Å². The Balaban J connectivity index is 1.71. The van der Waals surface area contributed by atoms with Gasteiger partial charge < -0.3 is 15.5 Å². The molecule has 0 spiro atoms. The smallest absolute Gasteiger partial charge is 0.319 e. The van der Waals surface area contributed by atoms with Gasteiger partial charge in [-0.15, -0.1) is 0 Å². The number of nitrogens with zero attached hydrogens (tertiary/aromatic N) is 1. The van der Waals surface area contributed by atoms with E-state index in [1.54, 1.807) is 4.90 Å². The third-order valence-corrected chi connectivity index (χ3v) is 5.16. The highest BCUT2D eigenvalue weighted by Crippen LogP contribution is 2.18. The standard InChI is InChI=1S/C22H25F2N3O2/c1-15-9-11-27(12-10-15)21(28)20(13-16-5-3-2-4-6-16)26-22(29)25-19-8-7-17(23)14-18(19)24/h2-8,14-15,20H,9-13H2,1H3,(H2,25,26,29). The van der Waals surface area contributed by atoms with Gasteiger partial charge >= 0.3 is 6.03 Å². The van der Waals surface area contributed by atoms with Crippen molar-refractivity contribution in [3.63, 3.8) is 0 Å². The van der Waals surface area contributed by atoms with Gasteiger partial charge in [0, 0.05) is 25.6 Å². The summed E-state index contributed by atoms with van der Waals surface area (Å²) in [5.74, 6) is -1.19. The van der Waals surface area contributed by atoms with Crippen LogP contribution in [0.3, 0.4) is 0 Å². The first kappa shape index (κ1) is 20.8. The molecule has 1 saturated heterocycles. The third-order valence-electron chi connectivity index (χ3n) is 5.16. The fourth-order valence-electron chi connectivity index (χ4n) is 3.41. The summed E-state index contributed by atoms with van der Waals surface area (Å²) >= 11 is 0. The predicted octanol–water partition coefficient (Wildman–Crippen LogP) is 3.96. The average molecular weight is 401 g/mol. The highest BCUT2D eigenvalue weighted by Gasteiger charge is 2.28. The summed E-state index contributed by atoms with van der Waals surface area (Å²) in [6.07, 6.45) is 2.18. The second-order valence-corrected chi connectivity index (χ2v) is 7.47. The van der Waals surface area contributed by atoms with Gasteiger partial charge in [-0.1, -0.05) is 37.3 Å². The number of benzene rings is 2. The van der Waals surface area contributed by atoms with Crippen LogP contribution in [0.25, 0.3) is 0 Å². The maximum absolute atomic E-state index is 13.8. The molecule has 0 saturated carbocycles. The second kappa shape index (κ2) is 9.49. The predicted molar refractivity (Wildman–Crippen MR) is 107 cm³/mol. The van der Waals surface area contributed by atoms with E-state index in [9.17, 15) is 18.4 Å². The van der Waals surface area contributed by atoms with Crippen LogP contribution in [-0.2, 0) is 11.2 Å². The Labute approximate surface area is 169 Å². The topological polar surface area (TPSA) is 61.4 Å². The first-order valence-corrected chi connectivity index (χ1v) is 9.77. The number of hydrogen-bond acceptors (Lipinski definition) is 2. The van der Waals surface area contributed by atoms with Crippen molar-refractivity contribution < 1.29 is 18.4 Å². The first-order chi connectivity index (χ1) is 13.9. The molecule has 1 fully saturated rings. The van der Waals surface area contributed by atoms with Crippen molar-refractivity contribution in [3.05, 3.63) is 65.7 Å². The van der Waals surface area contributed by atoms with Crippen LogP contribution >= 0.6 is 0 Å². The highest BCUT2D eigenvalue weighted by molar-refractivity contribution is 5.94. The lowest BCUT2D eigenvalue weighted by Crippen LogP contribution is -2.52. The molecule has 1 heterocycles. The van der Waals surface area contributed by atoms with Gasteiger partial charge in [0.15, 0.2) is 0 Å². The number of likely N-dealkylation sites (tertiary alicyclic amines) is 1. The first-order valence-electron chi connectivity index (χ1n) is 9.77. The van der Waals surface area contributed by atoms with E-state index < -0.39 is 23.7 Å². The van der Waals surface area contributed by atoms with E-state index in [1.165, 1.54) is 0 Å². The molecule has 1 atom stereocenters. The van der Waals surface area contributed by atoms with Gasteiger partial charge in [-0.05, 0) is 36.5 Å². The molecule has 154 valence electrons. The zero-order valence-corrected chi connectivity index (χ0v) is 16.3. The number of carbonyl (C=O) groups is 2. The number of urea groups is 1. The van der Waals surface area contributed by atoms with Crippen molar-refractivity contribution in [1.82, 2.24) is 10.2 Å². The normalized spacial score (nSPS) is 15.6. The number of halogens is 2. The lowest BCUT2D eigenvalue weighted by atomic mass is 9.97. The van der Waals surface area contributed by atoms with Crippen LogP contribution < -0.4 is 10.6 Å². The van der Waals surface area contributed by atoms with Crippen LogP contribution in [0.4, 0.5) is 19.3 Å². The minimum Gasteiger partial charge on any atom is -0.341 e. The van der Waals surface area contributed by atoms with Crippen molar-refractivity contribution in [2.45, 2.75) is 32.2 Å². The summed E-state index contributed by atoms with van der Waals surface area (Å²) in [4.78, 5) is 27.3. The molecule has 1 aliphatic rings. The fraction of sp³-hybridized carbons (Fsp3) is 0.364. The Morgan fingerprint density at radius 1 is 1.10 bits per heavy atom. The van der Waals surface area contributed by atoms with E-state index in [2.05, 4.69) is 17.6 Å². The molecule has 3 rings (SSSR count). The van der Waals surface area contributed by atoms with Crippen LogP contribution in [0.15, 0.2) is 48.5 Å². The number of rotatable bonds is 5. The molecule has 2 N–H and O–H groups in total. The molecular formula is C22H25F2N3O2. The van der Waals surface area contributed by atoms with Crippen LogP contribution in [0.1, 0.15) is 25.3 Å². The summed E-state index contributed by atoms with van der Waals surface area (Å²) < 4.78 is 26.9. The maximum atomic E-state index is 13.8. The molecule has 0 radical (unpaired) electrons. The van der Waals surface area contributed by atoms with Gasteiger partial charge in [0.05, 0.1) is 5.69 Å². The Bertz CT molecular complexity index is 852. The summed E-state index contributed by atoms with van der Waals surface area (Å²) in [7, 11) is 0. The van der Waals surface area contributed by atoms with Gasteiger partial charge in [0.1, 0.15) is 17.7 Å². The number of nitrogens with one attached hydrogen (secondary N) is 2. The van der Waals surface area contributed by atoms with Gasteiger partial charge in [0.25, 0.3) is 0 Å². The molecule has 0 aliphatic carbocycles. The summed E-state index contributed by atoms with van der Waals surface area (Å²) in [5.41, 5.74) is 0.756. The van der Waals surface area contributed by atoms with Crippen molar-refractivity contribution in [3.8, 4) is 0 Å². The summed E-state index contributed by atoms with van der Waals surface area (Å²) in [5, 5.41) is 5.02. The molecular weight excluding hydrogens is 376 g/mol.